The standard InChI is InChI=1S/C14H27NO3/c1-5-9-15-14(12(16)17)8-7-11(10-14)18-13(3,4)6-2/h11,15H,5-10H2,1-4H3,(H,16,17). The van der Waals surface area contributed by atoms with Crippen molar-refractivity contribution in [3.05, 3.63) is 0 Å². The number of aliphatic carboxylic acids is 1. The van der Waals surface area contributed by atoms with Crippen molar-refractivity contribution in [3.63, 3.8) is 0 Å². The molecule has 0 spiro atoms. The number of rotatable bonds is 7. The molecule has 1 rings (SSSR count). The lowest BCUT2D eigenvalue weighted by atomic mass is 9.97. The minimum Gasteiger partial charge on any atom is -0.480 e. The Morgan fingerprint density at radius 2 is 2.17 bits per heavy atom. The molecule has 4 nitrogen and oxygen atoms in total. The lowest BCUT2D eigenvalue weighted by Gasteiger charge is -2.30. The highest BCUT2D eigenvalue weighted by Crippen LogP contribution is 2.35. The van der Waals surface area contributed by atoms with Crippen molar-refractivity contribution in [1.82, 2.24) is 5.32 Å². The third-order valence-corrected chi connectivity index (χ3v) is 3.93. The van der Waals surface area contributed by atoms with E-state index in [0.717, 1.165) is 25.8 Å². The molecule has 2 unspecified atom stereocenters. The summed E-state index contributed by atoms with van der Waals surface area (Å²) in [5.74, 6) is -0.739. The highest BCUT2D eigenvalue weighted by Gasteiger charge is 2.46. The van der Waals surface area contributed by atoms with Gasteiger partial charge in [0.1, 0.15) is 5.54 Å². The molecule has 1 fully saturated rings. The van der Waals surface area contributed by atoms with Gasteiger partial charge in [0.05, 0.1) is 11.7 Å². The second-order valence-corrected chi connectivity index (χ2v) is 5.91. The first kappa shape index (κ1) is 15.4. The molecule has 0 aliphatic heterocycles. The molecule has 0 aromatic carbocycles. The summed E-state index contributed by atoms with van der Waals surface area (Å²) in [7, 11) is 0. The van der Waals surface area contributed by atoms with Gasteiger partial charge in [0.25, 0.3) is 0 Å². The maximum atomic E-state index is 11.5. The number of carboxylic acid groups (broad SMARTS) is 1. The first-order valence-electron chi connectivity index (χ1n) is 7.01. The number of ether oxygens (including phenoxy) is 1. The summed E-state index contributed by atoms with van der Waals surface area (Å²) in [4.78, 5) is 11.5. The Labute approximate surface area is 110 Å². The Morgan fingerprint density at radius 3 is 2.67 bits per heavy atom. The van der Waals surface area contributed by atoms with E-state index in [2.05, 4.69) is 26.1 Å². The van der Waals surface area contributed by atoms with E-state index < -0.39 is 11.5 Å². The maximum absolute atomic E-state index is 11.5. The predicted molar refractivity (Wildman–Crippen MR) is 71.8 cm³/mol. The van der Waals surface area contributed by atoms with Gasteiger partial charge in [-0.1, -0.05) is 13.8 Å². The third kappa shape index (κ3) is 3.69. The molecule has 4 heteroatoms. The van der Waals surface area contributed by atoms with E-state index in [-0.39, 0.29) is 11.7 Å². The Balaban J connectivity index is 2.63. The zero-order chi connectivity index (χ0) is 13.8. The van der Waals surface area contributed by atoms with E-state index >= 15 is 0 Å². The van der Waals surface area contributed by atoms with Crippen molar-refractivity contribution in [2.75, 3.05) is 6.54 Å². The molecular weight excluding hydrogens is 230 g/mol. The molecule has 18 heavy (non-hydrogen) atoms. The largest absolute Gasteiger partial charge is 0.480 e. The average molecular weight is 257 g/mol. The summed E-state index contributed by atoms with van der Waals surface area (Å²) in [5, 5.41) is 12.6. The van der Waals surface area contributed by atoms with Crippen molar-refractivity contribution < 1.29 is 14.6 Å². The van der Waals surface area contributed by atoms with E-state index in [0.29, 0.717) is 12.8 Å². The third-order valence-electron chi connectivity index (χ3n) is 3.93. The van der Waals surface area contributed by atoms with Gasteiger partial charge in [0.2, 0.25) is 0 Å². The summed E-state index contributed by atoms with van der Waals surface area (Å²) in [6, 6.07) is 0. The maximum Gasteiger partial charge on any atom is 0.323 e. The highest BCUT2D eigenvalue weighted by molar-refractivity contribution is 5.79. The summed E-state index contributed by atoms with van der Waals surface area (Å²) < 4.78 is 6.03. The first-order chi connectivity index (χ1) is 8.35. The van der Waals surface area contributed by atoms with Gasteiger partial charge in [0.15, 0.2) is 0 Å². The van der Waals surface area contributed by atoms with Crippen LogP contribution in [0.2, 0.25) is 0 Å². The molecule has 0 aromatic heterocycles. The molecule has 0 radical (unpaired) electrons. The molecule has 106 valence electrons. The van der Waals surface area contributed by atoms with Crippen LogP contribution >= 0.6 is 0 Å². The summed E-state index contributed by atoms with van der Waals surface area (Å²) >= 11 is 0. The summed E-state index contributed by atoms with van der Waals surface area (Å²) in [5.41, 5.74) is -0.936. The fourth-order valence-corrected chi connectivity index (χ4v) is 2.43. The van der Waals surface area contributed by atoms with Gasteiger partial charge < -0.3 is 15.2 Å². The normalized spacial score (nSPS) is 28.6. The van der Waals surface area contributed by atoms with E-state index in [1.54, 1.807) is 0 Å². The number of hydrogen-bond donors (Lipinski definition) is 2. The van der Waals surface area contributed by atoms with E-state index in [4.69, 9.17) is 4.74 Å². The molecule has 1 aliphatic rings. The zero-order valence-electron chi connectivity index (χ0n) is 12.1. The number of carboxylic acids is 1. The molecule has 0 aromatic rings. The Kier molecular flexibility index (Phi) is 5.17. The van der Waals surface area contributed by atoms with Gasteiger partial charge in [-0.3, -0.25) is 4.79 Å². The fraction of sp³-hybridized carbons (Fsp3) is 0.929. The van der Waals surface area contributed by atoms with Crippen LogP contribution in [0.4, 0.5) is 0 Å². The monoisotopic (exact) mass is 257 g/mol. The molecule has 0 bridgehead atoms. The quantitative estimate of drug-likeness (QED) is 0.736. The summed E-state index contributed by atoms with van der Waals surface area (Å²) in [6.07, 6.45) is 4.00. The van der Waals surface area contributed by atoms with Crippen LogP contribution in [0.3, 0.4) is 0 Å². The molecule has 2 atom stereocenters. The van der Waals surface area contributed by atoms with E-state index in [1.165, 1.54) is 0 Å². The zero-order valence-corrected chi connectivity index (χ0v) is 12.1. The van der Waals surface area contributed by atoms with Crippen molar-refractivity contribution in [3.8, 4) is 0 Å². The fourth-order valence-electron chi connectivity index (χ4n) is 2.43. The second kappa shape index (κ2) is 6.02. The molecule has 0 saturated heterocycles. The lowest BCUT2D eigenvalue weighted by molar-refractivity contribution is -0.145. The van der Waals surface area contributed by atoms with Crippen LogP contribution in [0.15, 0.2) is 0 Å². The minimum atomic E-state index is -0.773. The summed E-state index contributed by atoms with van der Waals surface area (Å²) in [6.45, 7) is 9.01. The number of nitrogens with one attached hydrogen (secondary N) is 1. The van der Waals surface area contributed by atoms with Crippen LogP contribution in [0.1, 0.15) is 59.8 Å². The molecule has 2 N–H and O–H groups in total. The van der Waals surface area contributed by atoms with Gasteiger partial charge in [0, 0.05) is 6.42 Å². The highest BCUT2D eigenvalue weighted by atomic mass is 16.5. The van der Waals surface area contributed by atoms with Gasteiger partial charge in [-0.05, 0) is 46.1 Å². The Bertz CT molecular complexity index is 291. The molecule has 1 saturated carbocycles. The number of carbonyl (C=O) groups is 1. The second-order valence-electron chi connectivity index (χ2n) is 5.91. The smallest absolute Gasteiger partial charge is 0.323 e. The van der Waals surface area contributed by atoms with Gasteiger partial charge in [-0.15, -0.1) is 0 Å². The van der Waals surface area contributed by atoms with Gasteiger partial charge in [-0.25, -0.2) is 0 Å². The van der Waals surface area contributed by atoms with Crippen LogP contribution in [-0.2, 0) is 9.53 Å². The molecular formula is C14H27NO3. The molecule has 0 amide bonds. The van der Waals surface area contributed by atoms with Crippen LogP contribution < -0.4 is 5.32 Å². The SMILES string of the molecule is CCCNC1(C(=O)O)CCC(OC(C)(C)CC)C1. The van der Waals surface area contributed by atoms with Crippen LogP contribution in [0.25, 0.3) is 0 Å². The Morgan fingerprint density at radius 1 is 1.50 bits per heavy atom. The van der Waals surface area contributed by atoms with E-state index in [1.807, 2.05) is 6.92 Å². The van der Waals surface area contributed by atoms with E-state index in [9.17, 15) is 9.90 Å². The predicted octanol–water partition coefficient (Wildman–Crippen LogP) is 2.57. The minimum absolute atomic E-state index is 0.0559. The van der Waals surface area contributed by atoms with Crippen molar-refractivity contribution >= 4 is 5.97 Å². The molecule has 1 aliphatic carbocycles. The van der Waals surface area contributed by atoms with Gasteiger partial charge >= 0.3 is 5.97 Å². The van der Waals surface area contributed by atoms with Crippen LogP contribution in [-0.4, -0.2) is 34.9 Å². The topological polar surface area (TPSA) is 58.6 Å². The Hall–Kier alpha value is -0.610. The van der Waals surface area contributed by atoms with Crippen molar-refractivity contribution in [1.29, 1.82) is 0 Å². The number of hydrogen-bond acceptors (Lipinski definition) is 3. The van der Waals surface area contributed by atoms with Crippen LogP contribution in [0, 0.1) is 0 Å². The van der Waals surface area contributed by atoms with Crippen molar-refractivity contribution in [2.24, 2.45) is 0 Å². The van der Waals surface area contributed by atoms with Crippen LogP contribution in [0.5, 0.6) is 0 Å². The molecule has 0 heterocycles. The lowest BCUT2D eigenvalue weighted by Crippen LogP contribution is -2.51. The average Bonchev–Trinajstić information content (AvgIpc) is 2.70. The van der Waals surface area contributed by atoms with Crippen molar-refractivity contribution in [2.45, 2.75) is 77.0 Å². The first-order valence-corrected chi connectivity index (χ1v) is 7.01. The van der Waals surface area contributed by atoms with Gasteiger partial charge in [-0.2, -0.15) is 0 Å².